The molecule has 0 spiro atoms. The van der Waals surface area contributed by atoms with Crippen molar-refractivity contribution in [3.05, 3.63) is 18.1 Å². The molecule has 8 nitrogen and oxygen atoms in total. The number of nitrogens with one attached hydrogen (secondary N) is 1. The molecule has 0 unspecified atom stereocenters. The molecule has 0 aliphatic carbocycles. The van der Waals surface area contributed by atoms with Crippen LogP contribution in [0.25, 0.3) is 0 Å². The van der Waals surface area contributed by atoms with E-state index in [0.29, 0.717) is 38.2 Å². The third-order valence-corrected chi connectivity index (χ3v) is 4.31. The Morgan fingerprint density at radius 3 is 2.40 bits per heavy atom. The van der Waals surface area contributed by atoms with Crippen molar-refractivity contribution in [2.75, 3.05) is 37.7 Å². The van der Waals surface area contributed by atoms with E-state index in [1.165, 1.54) is 6.20 Å². The first kappa shape index (κ1) is 19.0. The van der Waals surface area contributed by atoms with Crippen molar-refractivity contribution >= 4 is 17.8 Å². The number of ether oxygens (including phenoxy) is 1. The highest BCUT2D eigenvalue weighted by molar-refractivity contribution is 5.92. The van der Waals surface area contributed by atoms with Gasteiger partial charge in [0.25, 0.3) is 5.91 Å². The van der Waals surface area contributed by atoms with Crippen LogP contribution in [-0.4, -0.2) is 65.7 Å². The van der Waals surface area contributed by atoms with Gasteiger partial charge < -0.3 is 19.9 Å². The summed E-state index contributed by atoms with van der Waals surface area (Å²) in [6.45, 7) is 9.11. The lowest BCUT2D eigenvalue weighted by molar-refractivity contribution is 0.0856. The van der Waals surface area contributed by atoms with Crippen molar-refractivity contribution < 1.29 is 14.3 Å². The number of nitrogens with zero attached hydrogens (tertiary/aromatic N) is 4. The molecule has 0 aromatic carbocycles. The smallest absolute Gasteiger partial charge is 0.409 e. The maximum atomic E-state index is 12.3. The first-order valence-electron chi connectivity index (χ1n) is 8.88. The molecule has 0 radical (unpaired) electrons. The van der Waals surface area contributed by atoms with Crippen molar-refractivity contribution in [3.63, 3.8) is 0 Å². The molecule has 0 bridgehead atoms. The zero-order valence-electron chi connectivity index (χ0n) is 15.2. The van der Waals surface area contributed by atoms with Crippen molar-refractivity contribution in [2.24, 2.45) is 0 Å². The Labute approximate surface area is 148 Å². The highest BCUT2D eigenvalue weighted by Gasteiger charge is 2.25. The minimum absolute atomic E-state index is 0.0300. The lowest BCUT2D eigenvalue weighted by Gasteiger charge is -2.31. The van der Waals surface area contributed by atoms with Crippen LogP contribution in [0.4, 0.5) is 10.6 Å². The van der Waals surface area contributed by atoms with Crippen molar-refractivity contribution in [1.82, 2.24) is 20.2 Å². The summed E-state index contributed by atoms with van der Waals surface area (Å²) >= 11 is 0. The molecule has 1 aromatic rings. The summed E-state index contributed by atoms with van der Waals surface area (Å²) in [7, 11) is 0. The molecule has 25 heavy (non-hydrogen) atoms. The fraction of sp³-hybridized carbons (Fsp3) is 0.647. The van der Waals surface area contributed by atoms with E-state index in [4.69, 9.17) is 4.74 Å². The Morgan fingerprint density at radius 1 is 1.20 bits per heavy atom. The number of likely N-dealkylation sites (tertiary alicyclic amines) is 1. The number of amides is 2. The van der Waals surface area contributed by atoms with Crippen LogP contribution in [0.1, 0.15) is 44.1 Å². The summed E-state index contributed by atoms with van der Waals surface area (Å²) in [5.41, 5.74) is 0.309. The Kier molecular flexibility index (Phi) is 6.97. The summed E-state index contributed by atoms with van der Waals surface area (Å²) in [4.78, 5) is 36.3. The SMILES string of the molecule is CCOC(=O)N1CCC(NC(=O)c2cnc(N(CC)CC)cn2)CC1. The van der Waals surface area contributed by atoms with Crippen LogP contribution in [0.5, 0.6) is 0 Å². The van der Waals surface area contributed by atoms with E-state index in [2.05, 4.69) is 34.0 Å². The predicted octanol–water partition coefficient (Wildman–Crippen LogP) is 1.67. The summed E-state index contributed by atoms with van der Waals surface area (Å²) in [6.07, 6.45) is 4.26. The van der Waals surface area contributed by atoms with Gasteiger partial charge in [0.15, 0.2) is 0 Å². The minimum atomic E-state index is -0.287. The maximum Gasteiger partial charge on any atom is 0.409 e. The Balaban J connectivity index is 1.85. The number of piperidine rings is 1. The Hall–Kier alpha value is -2.38. The molecule has 2 rings (SSSR count). The number of hydrogen-bond donors (Lipinski definition) is 1. The number of carbonyl (C=O) groups is 2. The average molecular weight is 349 g/mol. The quantitative estimate of drug-likeness (QED) is 0.841. The van der Waals surface area contributed by atoms with Crippen molar-refractivity contribution in [3.8, 4) is 0 Å². The van der Waals surface area contributed by atoms with Gasteiger partial charge in [-0.15, -0.1) is 0 Å². The Morgan fingerprint density at radius 2 is 1.88 bits per heavy atom. The topological polar surface area (TPSA) is 87.7 Å². The molecule has 8 heteroatoms. The zero-order valence-corrected chi connectivity index (χ0v) is 15.2. The number of carbonyl (C=O) groups excluding carboxylic acids is 2. The number of aromatic nitrogens is 2. The monoisotopic (exact) mass is 349 g/mol. The molecule has 1 aliphatic rings. The number of rotatable bonds is 6. The van der Waals surface area contributed by atoms with Crippen LogP contribution in [0, 0.1) is 0 Å². The third-order valence-electron chi connectivity index (χ3n) is 4.31. The number of anilines is 1. The largest absolute Gasteiger partial charge is 0.450 e. The average Bonchev–Trinajstić information content (AvgIpc) is 2.64. The molecular formula is C17H27N5O3. The van der Waals surface area contributed by atoms with Gasteiger partial charge in [-0.05, 0) is 33.6 Å². The second-order valence-corrected chi connectivity index (χ2v) is 5.87. The lowest BCUT2D eigenvalue weighted by Crippen LogP contribution is -2.46. The first-order valence-corrected chi connectivity index (χ1v) is 8.88. The minimum Gasteiger partial charge on any atom is -0.450 e. The van der Waals surface area contributed by atoms with E-state index in [0.717, 1.165) is 18.9 Å². The molecule has 1 saturated heterocycles. The van der Waals surface area contributed by atoms with Crippen LogP contribution < -0.4 is 10.2 Å². The van der Waals surface area contributed by atoms with Gasteiger partial charge in [0, 0.05) is 32.2 Å². The summed E-state index contributed by atoms with van der Waals surface area (Å²) < 4.78 is 4.99. The second-order valence-electron chi connectivity index (χ2n) is 5.87. The molecule has 2 amide bonds. The van der Waals surface area contributed by atoms with Gasteiger partial charge in [0.2, 0.25) is 0 Å². The molecular weight excluding hydrogens is 322 g/mol. The zero-order chi connectivity index (χ0) is 18.2. The molecule has 138 valence electrons. The third kappa shape index (κ3) is 5.04. The molecule has 1 N–H and O–H groups in total. The van der Waals surface area contributed by atoms with Gasteiger partial charge in [-0.1, -0.05) is 0 Å². The maximum absolute atomic E-state index is 12.3. The van der Waals surface area contributed by atoms with Gasteiger partial charge >= 0.3 is 6.09 Å². The van der Waals surface area contributed by atoms with Crippen LogP contribution in [0.2, 0.25) is 0 Å². The molecule has 0 saturated carbocycles. The first-order chi connectivity index (χ1) is 12.1. The highest BCUT2D eigenvalue weighted by atomic mass is 16.6. The van der Waals surface area contributed by atoms with Gasteiger partial charge in [-0.25, -0.2) is 14.8 Å². The fourth-order valence-corrected chi connectivity index (χ4v) is 2.83. The summed E-state index contributed by atoms with van der Waals surface area (Å²) in [5, 5.41) is 2.97. The van der Waals surface area contributed by atoms with Gasteiger partial charge in [0.1, 0.15) is 11.5 Å². The van der Waals surface area contributed by atoms with Crippen LogP contribution in [-0.2, 0) is 4.74 Å². The fourth-order valence-electron chi connectivity index (χ4n) is 2.83. The highest BCUT2D eigenvalue weighted by Crippen LogP contribution is 2.13. The van der Waals surface area contributed by atoms with E-state index >= 15 is 0 Å². The summed E-state index contributed by atoms with van der Waals surface area (Å²) in [5.74, 6) is 0.539. The van der Waals surface area contributed by atoms with Crippen LogP contribution >= 0.6 is 0 Å². The Bertz CT molecular complexity index is 566. The van der Waals surface area contributed by atoms with Gasteiger partial charge in [-0.2, -0.15) is 0 Å². The summed E-state index contributed by atoms with van der Waals surface area (Å²) in [6, 6.07) is 0.0300. The standard InChI is InChI=1S/C17H27N5O3/c1-4-21(5-2)15-12-18-14(11-19-15)16(23)20-13-7-9-22(10-8-13)17(24)25-6-3/h11-13H,4-10H2,1-3H3,(H,20,23). The molecule has 2 heterocycles. The van der Waals surface area contributed by atoms with Crippen LogP contribution in [0.3, 0.4) is 0 Å². The van der Waals surface area contributed by atoms with Gasteiger partial charge in [-0.3, -0.25) is 4.79 Å². The van der Waals surface area contributed by atoms with E-state index in [1.54, 1.807) is 18.0 Å². The molecule has 1 aromatic heterocycles. The molecule has 1 fully saturated rings. The van der Waals surface area contributed by atoms with E-state index in [1.807, 2.05) is 0 Å². The molecule has 0 atom stereocenters. The predicted molar refractivity (Wildman–Crippen MR) is 94.7 cm³/mol. The van der Waals surface area contributed by atoms with E-state index < -0.39 is 0 Å². The normalized spacial score (nSPS) is 14.9. The lowest BCUT2D eigenvalue weighted by atomic mass is 10.1. The van der Waals surface area contributed by atoms with E-state index in [-0.39, 0.29) is 18.0 Å². The second kappa shape index (κ2) is 9.19. The van der Waals surface area contributed by atoms with Gasteiger partial charge in [0.05, 0.1) is 19.0 Å². The molecule has 1 aliphatic heterocycles. The number of hydrogen-bond acceptors (Lipinski definition) is 6. The van der Waals surface area contributed by atoms with E-state index in [9.17, 15) is 9.59 Å². The van der Waals surface area contributed by atoms with Crippen molar-refractivity contribution in [1.29, 1.82) is 0 Å². The van der Waals surface area contributed by atoms with Crippen LogP contribution in [0.15, 0.2) is 12.4 Å². The van der Waals surface area contributed by atoms with Crippen molar-refractivity contribution in [2.45, 2.75) is 39.7 Å².